The summed E-state index contributed by atoms with van der Waals surface area (Å²) in [6, 6.07) is 5.97. The molecule has 22 heavy (non-hydrogen) atoms. The van der Waals surface area contributed by atoms with Crippen molar-refractivity contribution in [2.45, 2.75) is 44.8 Å². The van der Waals surface area contributed by atoms with Gasteiger partial charge in [-0.1, -0.05) is 17.7 Å². The maximum Gasteiger partial charge on any atom is 0.338 e. The number of rotatable bonds is 4. The summed E-state index contributed by atoms with van der Waals surface area (Å²) in [4.78, 5) is 14.1. The molecular weight excluding hydrogens is 302 g/mol. The van der Waals surface area contributed by atoms with Crippen molar-refractivity contribution in [1.29, 1.82) is 0 Å². The average molecular weight is 324 g/mol. The highest BCUT2D eigenvalue weighted by Crippen LogP contribution is 2.48. The zero-order valence-electron chi connectivity index (χ0n) is 13.1. The Morgan fingerprint density at radius 2 is 2.14 bits per heavy atom. The lowest BCUT2D eigenvalue weighted by Gasteiger charge is -2.29. The van der Waals surface area contributed by atoms with Gasteiger partial charge in [0.25, 0.3) is 0 Å². The molecular formula is C17H22ClNO3. The van der Waals surface area contributed by atoms with Crippen LogP contribution < -0.4 is 4.90 Å². The number of epoxide rings is 1. The zero-order valence-corrected chi connectivity index (χ0v) is 13.9. The second kappa shape index (κ2) is 6.09. The predicted octanol–water partition coefficient (Wildman–Crippen LogP) is 3.51. The summed E-state index contributed by atoms with van der Waals surface area (Å²) in [5, 5.41) is 0.721. The molecule has 2 atom stereocenters. The van der Waals surface area contributed by atoms with E-state index in [0.29, 0.717) is 6.61 Å². The van der Waals surface area contributed by atoms with Gasteiger partial charge in [0.05, 0.1) is 17.3 Å². The summed E-state index contributed by atoms with van der Waals surface area (Å²) >= 11 is 6.47. The number of carbonyl (C=O) groups is 1. The molecule has 2 saturated heterocycles. The van der Waals surface area contributed by atoms with Gasteiger partial charge >= 0.3 is 5.97 Å². The van der Waals surface area contributed by atoms with Gasteiger partial charge in [0.2, 0.25) is 0 Å². The summed E-state index contributed by atoms with van der Waals surface area (Å²) in [5.41, 5.74) is 1.38. The Kier molecular flexibility index (Phi) is 4.33. The van der Waals surface area contributed by atoms with Crippen molar-refractivity contribution in [3.05, 3.63) is 28.8 Å². The number of benzene rings is 1. The van der Waals surface area contributed by atoms with Crippen molar-refractivity contribution in [3.63, 3.8) is 0 Å². The third-order valence-corrected chi connectivity index (χ3v) is 4.83. The van der Waals surface area contributed by atoms with Crippen LogP contribution in [0.5, 0.6) is 0 Å². The van der Waals surface area contributed by atoms with Crippen molar-refractivity contribution in [3.8, 4) is 0 Å². The largest absolute Gasteiger partial charge is 0.464 e. The Balaban J connectivity index is 1.76. The van der Waals surface area contributed by atoms with Crippen molar-refractivity contribution in [1.82, 2.24) is 0 Å². The molecule has 2 aliphatic rings. The van der Waals surface area contributed by atoms with Gasteiger partial charge in [-0.05, 0) is 50.8 Å². The number of halogens is 1. The monoisotopic (exact) mass is 323 g/mol. The molecule has 0 radical (unpaired) electrons. The van der Waals surface area contributed by atoms with Crippen molar-refractivity contribution < 1.29 is 14.3 Å². The van der Waals surface area contributed by atoms with E-state index in [4.69, 9.17) is 21.1 Å². The SMILES string of the molecule is CCOC(=O)C1OC1(C)c1ccc(N2CCCCC2)c(Cl)c1. The summed E-state index contributed by atoms with van der Waals surface area (Å²) in [6.07, 6.45) is 3.19. The normalized spacial score (nSPS) is 27.6. The molecule has 2 unspecified atom stereocenters. The highest BCUT2D eigenvalue weighted by molar-refractivity contribution is 6.33. The maximum absolute atomic E-state index is 11.8. The quantitative estimate of drug-likeness (QED) is 0.628. The van der Waals surface area contributed by atoms with E-state index in [9.17, 15) is 4.79 Å². The Morgan fingerprint density at radius 3 is 2.77 bits per heavy atom. The lowest BCUT2D eigenvalue weighted by molar-refractivity contribution is -0.144. The van der Waals surface area contributed by atoms with E-state index >= 15 is 0 Å². The van der Waals surface area contributed by atoms with Gasteiger partial charge in [0, 0.05) is 13.1 Å². The van der Waals surface area contributed by atoms with Crippen molar-refractivity contribution in [2.24, 2.45) is 0 Å². The van der Waals surface area contributed by atoms with Gasteiger partial charge in [-0.25, -0.2) is 4.79 Å². The minimum atomic E-state index is -0.615. The first-order chi connectivity index (χ1) is 10.6. The number of ether oxygens (including phenoxy) is 2. The first kappa shape index (κ1) is 15.6. The second-order valence-corrected chi connectivity index (χ2v) is 6.48. The highest BCUT2D eigenvalue weighted by Gasteiger charge is 2.59. The molecule has 2 aliphatic heterocycles. The van der Waals surface area contributed by atoms with Crippen LogP contribution in [0.1, 0.15) is 38.7 Å². The molecule has 0 spiro atoms. The van der Waals surface area contributed by atoms with E-state index in [1.54, 1.807) is 6.92 Å². The Bertz CT molecular complexity index is 571. The molecule has 0 aromatic heterocycles. The highest BCUT2D eigenvalue weighted by atomic mass is 35.5. The fourth-order valence-corrected chi connectivity index (χ4v) is 3.43. The van der Waals surface area contributed by atoms with Crippen LogP contribution in [0.25, 0.3) is 0 Å². The first-order valence-electron chi connectivity index (χ1n) is 7.95. The lowest BCUT2D eigenvalue weighted by atomic mass is 9.96. The minimum Gasteiger partial charge on any atom is -0.464 e. The van der Waals surface area contributed by atoms with E-state index in [1.807, 2.05) is 25.1 Å². The first-order valence-corrected chi connectivity index (χ1v) is 8.33. The molecule has 3 rings (SSSR count). The van der Waals surface area contributed by atoms with E-state index in [2.05, 4.69) is 4.90 Å². The molecule has 2 fully saturated rings. The fraction of sp³-hybridized carbons (Fsp3) is 0.588. The Hall–Kier alpha value is -1.26. The van der Waals surface area contributed by atoms with Crippen LogP contribution in [-0.4, -0.2) is 31.8 Å². The molecule has 0 bridgehead atoms. The van der Waals surface area contributed by atoms with Crippen molar-refractivity contribution >= 4 is 23.3 Å². The maximum atomic E-state index is 11.8. The third-order valence-electron chi connectivity index (χ3n) is 4.52. The number of piperidine rings is 1. The second-order valence-electron chi connectivity index (χ2n) is 6.07. The van der Waals surface area contributed by atoms with Crippen LogP contribution in [0.15, 0.2) is 18.2 Å². The molecule has 5 heteroatoms. The topological polar surface area (TPSA) is 42.1 Å². The predicted molar refractivity (Wildman–Crippen MR) is 86.4 cm³/mol. The van der Waals surface area contributed by atoms with Crippen molar-refractivity contribution in [2.75, 3.05) is 24.6 Å². The molecule has 4 nitrogen and oxygen atoms in total. The molecule has 120 valence electrons. The molecule has 0 saturated carbocycles. The van der Waals surface area contributed by atoms with Crippen LogP contribution in [-0.2, 0) is 19.9 Å². The number of hydrogen-bond donors (Lipinski definition) is 0. The van der Waals surface area contributed by atoms with Crippen LogP contribution >= 0.6 is 11.6 Å². The minimum absolute atomic E-state index is 0.304. The zero-order chi connectivity index (χ0) is 15.7. The van der Waals surface area contributed by atoms with Gasteiger partial charge in [-0.15, -0.1) is 0 Å². The standard InChI is InChI=1S/C17H22ClNO3/c1-3-21-16(20)15-17(2,22-15)12-7-8-14(13(18)11-12)19-9-5-4-6-10-19/h7-8,11,15H,3-6,9-10H2,1-2H3. The van der Waals surface area contributed by atoms with Crippen LogP contribution in [0, 0.1) is 0 Å². The summed E-state index contributed by atoms with van der Waals surface area (Å²) < 4.78 is 10.6. The summed E-state index contributed by atoms with van der Waals surface area (Å²) in [5.74, 6) is -0.304. The van der Waals surface area contributed by atoms with Gasteiger partial charge < -0.3 is 14.4 Å². The van der Waals surface area contributed by atoms with E-state index in [-0.39, 0.29) is 5.97 Å². The van der Waals surface area contributed by atoms with E-state index < -0.39 is 11.7 Å². The fourth-order valence-electron chi connectivity index (χ4n) is 3.13. The summed E-state index contributed by atoms with van der Waals surface area (Å²) in [6.45, 7) is 6.17. The van der Waals surface area contributed by atoms with Gasteiger partial charge in [0.1, 0.15) is 5.60 Å². The number of hydrogen-bond acceptors (Lipinski definition) is 4. The summed E-state index contributed by atoms with van der Waals surface area (Å²) in [7, 11) is 0. The molecule has 1 aromatic carbocycles. The van der Waals surface area contributed by atoms with Crippen LogP contribution in [0.3, 0.4) is 0 Å². The Morgan fingerprint density at radius 1 is 1.41 bits per heavy atom. The third kappa shape index (κ3) is 2.82. The molecule has 1 aromatic rings. The molecule has 0 aliphatic carbocycles. The molecule has 0 N–H and O–H groups in total. The Labute approximate surface area is 136 Å². The van der Waals surface area contributed by atoms with E-state index in [1.165, 1.54) is 19.3 Å². The van der Waals surface area contributed by atoms with E-state index in [0.717, 1.165) is 29.4 Å². The molecule has 2 heterocycles. The molecule has 0 amide bonds. The number of carbonyl (C=O) groups excluding carboxylic acids is 1. The van der Waals surface area contributed by atoms with Crippen LogP contribution in [0.2, 0.25) is 5.02 Å². The van der Waals surface area contributed by atoms with Gasteiger partial charge in [-0.3, -0.25) is 0 Å². The lowest BCUT2D eigenvalue weighted by Crippen LogP contribution is -2.29. The smallest absolute Gasteiger partial charge is 0.338 e. The number of nitrogens with zero attached hydrogens (tertiary/aromatic N) is 1. The average Bonchev–Trinajstić information content (AvgIpc) is 3.22. The van der Waals surface area contributed by atoms with Gasteiger partial charge in [0.15, 0.2) is 6.10 Å². The number of anilines is 1. The van der Waals surface area contributed by atoms with Gasteiger partial charge in [-0.2, -0.15) is 0 Å². The van der Waals surface area contributed by atoms with Crippen LogP contribution in [0.4, 0.5) is 5.69 Å². The number of esters is 1.